The third kappa shape index (κ3) is 3.45. The number of nitrogens with zero attached hydrogens (tertiary/aromatic N) is 6. The van der Waals surface area contributed by atoms with Gasteiger partial charge in [-0.2, -0.15) is 0 Å². The monoisotopic (exact) mass is 492 g/mol. The van der Waals surface area contributed by atoms with Gasteiger partial charge in [0.05, 0.1) is 18.8 Å². The van der Waals surface area contributed by atoms with Crippen LogP contribution < -0.4 is 0 Å². The smallest absolute Gasteiger partial charge is 0.358 e. The molecule has 0 aliphatic carbocycles. The average molecular weight is 494 g/mol. The van der Waals surface area contributed by atoms with Crippen LogP contribution in [0.1, 0.15) is 0 Å². The highest BCUT2D eigenvalue weighted by Crippen LogP contribution is 2.40. The molecule has 0 unspecified atom stereocenters. The Morgan fingerprint density at radius 3 is 1.19 bits per heavy atom. The van der Waals surface area contributed by atoms with Crippen LogP contribution >= 0.6 is 31.9 Å². The fraction of sp³-hybridized carbons (Fsp3) is 0. The van der Waals surface area contributed by atoms with E-state index >= 15 is 0 Å². The van der Waals surface area contributed by atoms with Crippen LogP contribution in [0.15, 0.2) is 21.1 Å². The normalized spacial score (nSPS) is 10.4. The van der Waals surface area contributed by atoms with Crippen molar-refractivity contribution in [1.82, 2.24) is 9.97 Å². The predicted molar refractivity (Wildman–Crippen MR) is 89.5 cm³/mol. The predicted octanol–water partition coefficient (Wildman–Crippen LogP) is 3.30. The summed E-state index contributed by atoms with van der Waals surface area (Å²) in [6.07, 6.45) is 0. The molecular formula is C10H2Br2N6O8. The van der Waals surface area contributed by atoms with Gasteiger partial charge in [-0.25, -0.2) is 0 Å². The standard InChI is InChI=1S/C10H2Br2N6O8/c11-3-1-5(15(19)20)9(17(23)24)13-7(3)8-4(12)2-6(16(21)22)10(14-8)18(25)26/h1-2H. The minimum atomic E-state index is -1.12. The van der Waals surface area contributed by atoms with E-state index in [9.17, 15) is 40.5 Å². The lowest BCUT2D eigenvalue weighted by Gasteiger charge is -2.02. The van der Waals surface area contributed by atoms with Crippen LogP contribution in [-0.2, 0) is 0 Å². The van der Waals surface area contributed by atoms with Crippen molar-refractivity contribution in [2.45, 2.75) is 0 Å². The first-order valence-corrected chi connectivity index (χ1v) is 7.62. The van der Waals surface area contributed by atoms with Gasteiger partial charge in [-0.15, -0.1) is 0 Å². The molecule has 26 heavy (non-hydrogen) atoms. The van der Waals surface area contributed by atoms with E-state index in [-0.39, 0.29) is 20.3 Å². The Morgan fingerprint density at radius 2 is 0.962 bits per heavy atom. The first-order valence-electron chi connectivity index (χ1n) is 6.03. The van der Waals surface area contributed by atoms with E-state index in [1.165, 1.54) is 0 Å². The van der Waals surface area contributed by atoms with Crippen molar-refractivity contribution in [2.75, 3.05) is 0 Å². The van der Waals surface area contributed by atoms with Crippen LogP contribution in [-0.4, -0.2) is 29.7 Å². The third-order valence-corrected chi connectivity index (χ3v) is 4.05. The van der Waals surface area contributed by atoms with E-state index in [4.69, 9.17) is 0 Å². The summed E-state index contributed by atoms with van der Waals surface area (Å²) in [6, 6.07) is 1.56. The molecule has 2 aromatic heterocycles. The fourth-order valence-corrected chi connectivity index (χ4v) is 2.80. The minimum absolute atomic E-state index is 0.133. The van der Waals surface area contributed by atoms with Crippen LogP contribution in [0.4, 0.5) is 23.0 Å². The zero-order valence-corrected chi connectivity index (χ0v) is 15.0. The van der Waals surface area contributed by atoms with E-state index in [0.717, 1.165) is 12.1 Å². The molecule has 16 heteroatoms. The summed E-state index contributed by atoms with van der Waals surface area (Å²) in [6.45, 7) is 0. The first-order chi connectivity index (χ1) is 12.0. The number of halogens is 2. The van der Waals surface area contributed by atoms with Crippen LogP contribution in [0.2, 0.25) is 0 Å². The minimum Gasteiger partial charge on any atom is -0.358 e. The molecule has 0 fully saturated rings. The lowest BCUT2D eigenvalue weighted by atomic mass is 10.2. The van der Waals surface area contributed by atoms with Crippen molar-refractivity contribution < 1.29 is 19.7 Å². The van der Waals surface area contributed by atoms with Crippen molar-refractivity contribution in [3.63, 3.8) is 0 Å². The molecule has 0 aliphatic heterocycles. The summed E-state index contributed by atoms with van der Waals surface area (Å²) in [5.74, 6) is -2.24. The van der Waals surface area contributed by atoms with Crippen LogP contribution in [0.25, 0.3) is 11.4 Å². The summed E-state index contributed by atoms with van der Waals surface area (Å²) in [4.78, 5) is 46.6. The van der Waals surface area contributed by atoms with Gasteiger partial charge in [0, 0.05) is 12.1 Å². The van der Waals surface area contributed by atoms with Crippen LogP contribution in [0.3, 0.4) is 0 Å². The first kappa shape index (κ1) is 19.2. The molecule has 0 atom stereocenters. The molecule has 0 amide bonds. The molecule has 0 spiro atoms. The van der Waals surface area contributed by atoms with E-state index in [1.807, 2.05) is 0 Å². The topological polar surface area (TPSA) is 198 Å². The van der Waals surface area contributed by atoms with Crippen LogP contribution in [0.5, 0.6) is 0 Å². The molecular weight excluding hydrogens is 492 g/mol. The SMILES string of the molecule is O=[N+]([O-])c1cc(Br)c(-c2nc([N+](=O)[O-])c([N+](=O)[O-])cc2Br)nc1[N+](=O)[O-]. The average Bonchev–Trinajstić information content (AvgIpc) is 2.53. The molecule has 0 saturated carbocycles. The molecule has 0 N–H and O–H groups in total. The number of hydrogen-bond donors (Lipinski definition) is 0. The Kier molecular flexibility index (Phi) is 5.17. The summed E-state index contributed by atoms with van der Waals surface area (Å²) < 4.78 is -0.266. The lowest BCUT2D eigenvalue weighted by molar-refractivity contribution is -0.425. The maximum absolute atomic E-state index is 11.0. The van der Waals surface area contributed by atoms with Gasteiger partial charge in [0.15, 0.2) is 0 Å². The lowest BCUT2D eigenvalue weighted by Crippen LogP contribution is -2.04. The summed E-state index contributed by atoms with van der Waals surface area (Å²) in [5.41, 5.74) is -2.55. The van der Waals surface area contributed by atoms with Gasteiger partial charge >= 0.3 is 23.0 Å². The van der Waals surface area contributed by atoms with Crippen molar-refractivity contribution in [3.8, 4) is 11.4 Å². The Labute approximate surface area is 157 Å². The van der Waals surface area contributed by atoms with E-state index in [0.29, 0.717) is 0 Å². The van der Waals surface area contributed by atoms with Gasteiger partial charge in [0.25, 0.3) is 0 Å². The molecule has 0 saturated heterocycles. The molecule has 0 aliphatic rings. The highest BCUT2D eigenvalue weighted by Gasteiger charge is 2.36. The second-order valence-corrected chi connectivity index (χ2v) is 6.06. The molecule has 14 nitrogen and oxygen atoms in total. The number of aromatic nitrogens is 2. The molecule has 134 valence electrons. The highest BCUT2D eigenvalue weighted by molar-refractivity contribution is 9.11. The summed E-state index contributed by atoms with van der Waals surface area (Å²) in [5, 5.41) is 43.9. The quantitative estimate of drug-likeness (QED) is 0.439. The van der Waals surface area contributed by atoms with E-state index < -0.39 is 42.7 Å². The van der Waals surface area contributed by atoms with Gasteiger partial charge in [-0.1, -0.05) is 0 Å². The largest absolute Gasteiger partial charge is 0.443 e. The van der Waals surface area contributed by atoms with Crippen molar-refractivity contribution in [3.05, 3.63) is 61.5 Å². The van der Waals surface area contributed by atoms with Gasteiger partial charge in [0.1, 0.15) is 0 Å². The van der Waals surface area contributed by atoms with Gasteiger partial charge in [-0.3, -0.25) is 20.2 Å². The summed E-state index contributed by atoms with van der Waals surface area (Å²) >= 11 is 5.85. The number of pyridine rings is 2. The summed E-state index contributed by atoms with van der Waals surface area (Å²) in [7, 11) is 0. The molecule has 2 rings (SSSR count). The van der Waals surface area contributed by atoms with Crippen molar-refractivity contribution in [1.29, 1.82) is 0 Å². The van der Waals surface area contributed by atoms with Gasteiger partial charge in [0.2, 0.25) is 11.4 Å². The highest BCUT2D eigenvalue weighted by atomic mass is 79.9. The fourth-order valence-electron chi connectivity index (χ4n) is 1.81. The molecule has 0 radical (unpaired) electrons. The Balaban J connectivity index is 2.84. The molecule has 2 heterocycles. The van der Waals surface area contributed by atoms with Crippen molar-refractivity contribution in [2.24, 2.45) is 0 Å². The molecule has 0 bridgehead atoms. The second kappa shape index (κ2) is 7.00. The number of nitro groups is 4. The Bertz CT molecular complexity index is 916. The maximum atomic E-state index is 11.0. The number of rotatable bonds is 5. The molecule has 0 aromatic carbocycles. The second-order valence-electron chi connectivity index (χ2n) is 4.35. The molecule has 2 aromatic rings. The van der Waals surface area contributed by atoms with Crippen LogP contribution in [0, 0.1) is 40.5 Å². The zero-order chi connectivity index (χ0) is 19.8. The third-order valence-electron chi connectivity index (χ3n) is 2.84. The van der Waals surface area contributed by atoms with E-state index in [2.05, 4.69) is 41.8 Å². The van der Waals surface area contributed by atoms with Gasteiger partial charge < -0.3 is 20.2 Å². The Morgan fingerprint density at radius 1 is 0.654 bits per heavy atom. The maximum Gasteiger partial charge on any atom is 0.443 e. The number of hydrogen-bond acceptors (Lipinski definition) is 10. The van der Waals surface area contributed by atoms with E-state index in [1.54, 1.807) is 0 Å². The zero-order valence-electron chi connectivity index (χ0n) is 11.9. The Hall–Kier alpha value is -3.14. The van der Waals surface area contributed by atoms with Gasteiger partial charge in [-0.05, 0) is 51.7 Å². The van der Waals surface area contributed by atoms with Crippen molar-refractivity contribution >= 4 is 54.9 Å².